The number of hydrogen-bond donors (Lipinski definition) is 2. The van der Waals surface area contributed by atoms with Gasteiger partial charge in [-0.15, -0.1) is 0 Å². The maximum Gasteiger partial charge on any atom is 0.258 e. The summed E-state index contributed by atoms with van der Waals surface area (Å²) in [4.78, 5) is 29.2. The smallest absolute Gasteiger partial charge is 0.258 e. The molecule has 38 heavy (non-hydrogen) atoms. The molecule has 0 aromatic heterocycles. The van der Waals surface area contributed by atoms with E-state index in [-0.39, 0.29) is 11.8 Å². The molecule has 0 aliphatic carbocycles. The minimum Gasteiger partial charge on any atom is -0.486 e. The third kappa shape index (κ3) is 5.19. The maximum atomic E-state index is 13.9. The molecule has 5 rings (SSSR count). The van der Waals surface area contributed by atoms with Gasteiger partial charge in [0.2, 0.25) is 5.91 Å². The van der Waals surface area contributed by atoms with Crippen molar-refractivity contribution in [2.45, 2.75) is 6.92 Å². The van der Waals surface area contributed by atoms with Crippen molar-refractivity contribution in [1.82, 2.24) is 4.90 Å². The average Bonchev–Trinajstić information content (AvgIpc) is 3.22. The van der Waals surface area contributed by atoms with Crippen LogP contribution in [0.3, 0.4) is 0 Å². The summed E-state index contributed by atoms with van der Waals surface area (Å²) < 4.78 is 25.3. The number of likely N-dealkylation sites (N-methyl/N-ethyl adjacent to an activating group) is 1. The molecular weight excluding hydrogens is 487 g/mol. The van der Waals surface area contributed by atoms with Gasteiger partial charge in [0.1, 0.15) is 19.0 Å². The van der Waals surface area contributed by atoms with E-state index in [0.29, 0.717) is 65.0 Å². The fraction of sp³-hybridized carbons (Fsp3) is 0.241. The Labute approximate surface area is 220 Å². The highest BCUT2D eigenvalue weighted by atomic mass is 19.1. The van der Waals surface area contributed by atoms with E-state index >= 15 is 0 Å². The molecule has 0 atom stereocenters. The van der Waals surface area contributed by atoms with Crippen LogP contribution in [0.4, 0.5) is 21.5 Å². The molecule has 0 fully saturated rings. The number of amides is 2. The molecule has 0 radical (unpaired) electrons. The van der Waals surface area contributed by atoms with Crippen molar-refractivity contribution in [3.8, 4) is 11.5 Å². The van der Waals surface area contributed by atoms with Crippen LogP contribution in [0.2, 0.25) is 0 Å². The van der Waals surface area contributed by atoms with Crippen LogP contribution >= 0.6 is 0 Å². The summed E-state index contributed by atoms with van der Waals surface area (Å²) in [5.74, 6) is 0.400. The molecule has 0 bridgehead atoms. The van der Waals surface area contributed by atoms with Crippen LogP contribution in [0, 0.1) is 5.82 Å². The second-order valence-corrected chi connectivity index (χ2v) is 9.40. The zero-order valence-corrected chi connectivity index (χ0v) is 21.5. The summed E-state index contributed by atoms with van der Waals surface area (Å²) in [6.07, 6.45) is 0. The lowest BCUT2D eigenvalue weighted by Crippen LogP contribution is -2.35. The van der Waals surface area contributed by atoms with E-state index in [4.69, 9.17) is 9.47 Å². The predicted molar refractivity (Wildman–Crippen MR) is 146 cm³/mol. The number of carbonyl (C=O) groups excluding carboxylic acids is 2. The van der Waals surface area contributed by atoms with E-state index in [9.17, 15) is 14.0 Å². The lowest BCUT2D eigenvalue weighted by atomic mass is 9.99. The third-order valence-corrected chi connectivity index (χ3v) is 6.41. The molecule has 2 aliphatic rings. The summed E-state index contributed by atoms with van der Waals surface area (Å²) >= 11 is 0. The van der Waals surface area contributed by atoms with Crippen molar-refractivity contribution in [2.24, 2.45) is 0 Å². The van der Waals surface area contributed by atoms with Crippen LogP contribution < -0.4 is 25.0 Å². The van der Waals surface area contributed by atoms with Crippen LogP contribution in [0.25, 0.3) is 11.3 Å². The molecule has 2 heterocycles. The summed E-state index contributed by atoms with van der Waals surface area (Å²) in [5.41, 5.74) is 4.12. The van der Waals surface area contributed by atoms with Gasteiger partial charge in [-0.25, -0.2) is 4.39 Å². The van der Waals surface area contributed by atoms with Crippen LogP contribution in [0.1, 0.15) is 18.1 Å². The van der Waals surface area contributed by atoms with E-state index in [1.165, 1.54) is 12.1 Å². The Balaban J connectivity index is 1.54. The van der Waals surface area contributed by atoms with Gasteiger partial charge in [0.05, 0.1) is 17.0 Å². The van der Waals surface area contributed by atoms with Crippen molar-refractivity contribution < 1.29 is 23.5 Å². The maximum absolute atomic E-state index is 13.9. The van der Waals surface area contributed by atoms with Gasteiger partial charge in [-0.3, -0.25) is 9.59 Å². The molecule has 0 saturated heterocycles. The molecule has 3 aromatic rings. The zero-order chi connectivity index (χ0) is 26.8. The van der Waals surface area contributed by atoms with Crippen molar-refractivity contribution in [1.29, 1.82) is 0 Å². The number of nitrogens with one attached hydrogen (secondary N) is 2. The summed E-state index contributed by atoms with van der Waals surface area (Å²) in [5, 5.41) is 6.16. The van der Waals surface area contributed by atoms with E-state index in [0.717, 1.165) is 12.2 Å². The fourth-order valence-electron chi connectivity index (χ4n) is 4.51. The first-order valence-electron chi connectivity index (χ1n) is 12.4. The lowest BCUT2D eigenvalue weighted by Gasteiger charge is -2.24. The van der Waals surface area contributed by atoms with Crippen molar-refractivity contribution in [3.63, 3.8) is 0 Å². The average molecular weight is 517 g/mol. The molecule has 196 valence electrons. The molecule has 8 nitrogen and oxygen atoms in total. The molecule has 0 unspecified atom stereocenters. The van der Waals surface area contributed by atoms with Gasteiger partial charge in [-0.05, 0) is 74.8 Å². The Morgan fingerprint density at radius 2 is 1.71 bits per heavy atom. The predicted octanol–water partition coefficient (Wildman–Crippen LogP) is 4.44. The van der Waals surface area contributed by atoms with E-state index in [1.807, 2.05) is 61.5 Å². The van der Waals surface area contributed by atoms with Gasteiger partial charge in [0, 0.05) is 42.5 Å². The first-order chi connectivity index (χ1) is 18.3. The summed E-state index contributed by atoms with van der Waals surface area (Å²) in [6.45, 7) is 3.74. The molecule has 0 spiro atoms. The molecule has 2 amide bonds. The Morgan fingerprint density at radius 1 is 0.974 bits per heavy atom. The third-order valence-electron chi connectivity index (χ3n) is 6.41. The van der Waals surface area contributed by atoms with Gasteiger partial charge in [0.15, 0.2) is 11.5 Å². The minimum absolute atomic E-state index is 0.0434. The van der Waals surface area contributed by atoms with E-state index in [1.54, 1.807) is 17.9 Å². The molecule has 2 aliphatic heterocycles. The molecular formula is C29H29FN4O4. The highest BCUT2D eigenvalue weighted by molar-refractivity contribution is 6.37. The summed E-state index contributed by atoms with van der Waals surface area (Å²) in [6, 6.07) is 17.2. The standard InChI is InChI=1S/C29H29FN4O4/c1-18(35)34(13-12-33(2)3)22-8-6-21(7-9-22)31-28(19-4-11-25-26(16-19)38-15-14-37-25)27-23-10-5-20(30)17-24(23)32-29(27)36/h4-11,16-17,31H,12-15H2,1-3H3,(H,32,36). The lowest BCUT2D eigenvalue weighted by molar-refractivity contribution is -0.116. The number of benzene rings is 3. The highest BCUT2D eigenvalue weighted by Crippen LogP contribution is 2.40. The van der Waals surface area contributed by atoms with Gasteiger partial charge in [0.25, 0.3) is 5.91 Å². The number of halogens is 1. The quantitative estimate of drug-likeness (QED) is 0.452. The van der Waals surface area contributed by atoms with E-state index in [2.05, 4.69) is 10.6 Å². The van der Waals surface area contributed by atoms with Gasteiger partial charge in [-0.1, -0.05) is 0 Å². The van der Waals surface area contributed by atoms with E-state index < -0.39 is 5.82 Å². The Bertz CT molecular complexity index is 1420. The number of carbonyl (C=O) groups is 2. The molecule has 3 aromatic carbocycles. The van der Waals surface area contributed by atoms with Gasteiger partial charge < -0.3 is 29.9 Å². The molecule has 2 N–H and O–H groups in total. The Hall–Kier alpha value is -4.37. The van der Waals surface area contributed by atoms with Gasteiger partial charge >= 0.3 is 0 Å². The van der Waals surface area contributed by atoms with Crippen LogP contribution in [-0.4, -0.2) is 57.1 Å². The van der Waals surface area contributed by atoms with Crippen LogP contribution in [0.5, 0.6) is 11.5 Å². The van der Waals surface area contributed by atoms with Crippen LogP contribution in [0.15, 0.2) is 60.7 Å². The first kappa shape index (κ1) is 25.3. The molecule has 9 heteroatoms. The molecule has 0 saturated carbocycles. The highest BCUT2D eigenvalue weighted by Gasteiger charge is 2.29. The number of fused-ring (bicyclic) bond motifs is 2. The number of hydrogen-bond acceptors (Lipinski definition) is 6. The minimum atomic E-state index is -0.431. The number of anilines is 3. The van der Waals surface area contributed by atoms with Crippen molar-refractivity contribution >= 4 is 40.1 Å². The van der Waals surface area contributed by atoms with Gasteiger partial charge in [-0.2, -0.15) is 0 Å². The monoisotopic (exact) mass is 516 g/mol. The second kappa shape index (κ2) is 10.5. The number of nitrogens with zero attached hydrogens (tertiary/aromatic N) is 2. The Morgan fingerprint density at radius 3 is 2.42 bits per heavy atom. The van der Waals surface area contributed by atoms with Crippen molar-refractivity contribution in [3.05, 3.63) is 77.6 Å². The summed E-state index contributed by atoms with van der Waals surface area (Å²) in [7, 11) is 3.92. The van der Waals surface area contributed by atoms with Crippen molar-refractivity contribution in [2.75, 3.05) is 55.9 Å². The SMILES string of the molecule is CC(=O)N(CCN(C)C)c1ccc(NC(=C2C(=O)Nc3cc(F)ccc32)c2ccc3c(c2)OCCO3)cc1. The normalized spacial score (nSPS) is 15.1. The van der Waals surface area contributed by atoms with Crippen LogP contribution in [-0.2, 0) is 9.59 Å². The second-order valence-electron chi connectivity index (χ2n) is 9.40. The number of rotatable bonds is 7. The fourth-order valence-corrected chi connectivity index (χ4v) is 4.51. The first-order valence-corrected chi connectivity index (χ1v) is 12.4. The number of ether oxygens (including phenoxy) is 2. The topological polar surface area (TPSA) is 83.1 Å². The largest absolute Gasteiger partial charge is 0.486 e. The Kier molecular flexibility index (Phi) is 7.02. The zero-order valence-electron chi connectivity index (χ0n) is 21.5.